The van der Waals surface area contributed by atoms with Crippen LogP contribution in [0.5, 0.6) is 0 Å². The number of rotatable bonds is 2. The molecule has 0 saturated heterocycles. The molecule has 2 aromatic heterocycles. The maximum absolute atomic E-state index is 6.00. The van der Waals surface area contributed by atoms with E-state index in [1.165, 1.54) is 11.3 Å². The summed E-state index contributed by atoms with van der Waals surface area (Å²) in [5.41, 5.74) is 2.11. The Balaban J connectivity index is 2.26. The van der Waals surface area contributed by atoms with E-state index in [0.29, 0.717) is 4.34 Å². The van der Waals surface area contributed by atoms with Gasteiger partial charge in [0.15, 0.2) is 0 Å². The zero-order chi connectivity index (χ0) is 10.8. The highest BCUT2D eigenvalue weighted by Gasteiger charge is 2.02. The summed E-state index contributed by atoms with van der Waals surface area (Å²) in [5.74, 6) is 0. The third-order valence-electron chi connectivity index (χ3n) is 1.77. The second-order valence-electron chi connectivity index (χ2n) is 2.76. The van der Waals surface area contributed by atoms with Gasteiger partial charge in [-0.3, -0.25) is 0 Å². The highest BCUT2D eigenvalue weighted by Crippen LogP contribution is 2.33. The molecule has 2 heterocycles. The van der Waals surface area contributed by atoms with Gasteiger partial charge in [0.2, 0.25) is 0 Å². The Bertz CT molecular complexity index is 499. The first-order valence-corrected chi connectivity index (χ1v) is 7.27. The van der Waals surface area contributed by atoms with Gasteiger partial charge in [-0.15, -0.1) is 22.7 Å². The Kier molecular flexibility index (Phi) is 3.91. The third kappa shape index (κ3) is 2.86. The second-order valence-corrected chi connectivity index (χ2v) is 7.28. The van der Waals surface area contributed by atoms with Gasteiger partial charge in [0.05, 0.1) is 8.12 Å². The minimum Gasteiger partial charge on any atom is -0.136 e. The van der Waals surface area contributed by atoms with Gasteiger partial charge in [0.25, 0.3) is 0 Å². The quantitative estimate of drug-likeness (QED) is 0.624. The summed E-state index contributed by atoms with van der Waals surface area (Å²) >= 11 is 18.4. The number of hydrogen-bond acceptors (Lipinski definition) is 2. The largest absolute Gasteiger partial charge is 0.136 e. The van der Waals surface area contributed by atoms with Crippen molar-refractivity contribution in [3.63, 3.8) is 0 Å². The Labute approximate surface area is 114 Å². The fraction of sp³-hybridized carbons (Fsp3) is 0. The van der Waals surface area contributed by atoms with Crippen molar-refractivity contribution in [1.82, 2.24) is 0 Å². The predicted octanol–water partition coefficient (Wildman–Crippen LogP) is 6.05. The summed E-state index contributed by atoms with van der Waals surface area (Å²) < 4.78 is 2.56. The first kappa shape index (κ1) is 11.7. The first-order chi connectivity index (χ1) is 7.16. The van der Waals surface area contributed by atoms with Gasteiger partial charge in [0.1, 0.15) is 4.34 Å². The van der Waals surface area contributed by atoms with Crippen LogP contribution < -0.4 is 0 Å². The maximum atomic E-state index is 6.00. The van der Waals surface area contributed by atoms with Crippen molar-refractivity contribution in [1.29, 1.82) is 0 Å². The van der Waals surface area contributed by atoms with Crippen molar-refractivity contribution in [2.24, 2.45) is 0 Å². The van der Waals surface area contributed by atoms with Crippen LogP contribution in [0, 0.1) is 0 Å². The summed E-state index contributed by atoms with van der Waals surface area (Å²) in [5, 5.41) is 2.03. The Hall–Kier alpha value is 0.200. The van der Waals surface area contributed by atoms with Crippen molar-refractivity contribution in [3.8, 4) is 0 Å². The highest BCUT2D eigenvalue weighted by atomic mass is 79.9. The van der Waals surface area contributed by atoms with Crippen LogP contribution >= 0.6 is 61.8 Å². The lowest BCUT2D eigenvalue weighted by Crippen LogP contribution is -1.65. The van der Waals surface area contributed by atoms with E-state index in [9.17, 15) is 0 Å². The van der Waals surface area contributed by atoms with Crippen molar-refractivity contribution >= 4 is 74.0 Å². The summed E-state index contributed by atoms with van der Waals surface area (Å²) in [6.45, 7) is 0. The van der Waals surface area contributed by atoms with Crippen LogP contribution in [-0.2, 0) is 0 Å². The zero-order valence-electron chi connectivity index (χ0n) is 7.34. The van der Waals surface area contributed by atoms with E-state index < -0.39 is 0 Å². The molecule has 0 spiro atoms. The molecular formula is C10H5BrCl2S2. The number of thiophene rings is 2. The van der Waals surface area contributed by atoms with Crippen LogP contribution in [0.1, 0.15) is 11.1 Å². The predicted molar refractivity (Wildman–Crippen MR) is 75.3 cm³/mol. The van der Waals surface area contributed by atoms with Crippen LogP contribution in [0.3, 0.4) is 0 Å². The molecule has 0 atom stereocenters. The molecule has 78 valence electrons. The molecular weight excluding hydrogens is 335 g/mol. The lowest BCUT2D eigenvalue weighted by Gasteiger charge is -1.88. The van der Waals surface area contributed by atoms with Gasteiger partial charge in [-0.1, -0.05) is 35.4 Å². The van der Waals surface area contributed by atoms with Crippen LogP contribution in [0.2, 0.25) is 8.67 Å². The fourth-order valence-electron chi connectivity index (χ4n) is 1.07. The average molecular weight is 340 g/mol. The average Bonchev–Trinajstić information content (AvgIpc) is 2.70. The minimum atomic E-state index is 0.712. The molecule has 0 aliphatic rings. The van der Waals surface area contributed by atoms with E-state index >= 15 is 0 Å². The summed E-state index contributed by atoms with van der Waals surface area (Å²) in [6.07, 6.45) is 3.99. The molecule has 0 aliphatic heterocycles. The smallest absolute Gasteiger partial charge is 0.102 e. The van der Waals surface area contributed by atoms with Crippen LogP contribution in [0.25, 0.3) is 12.2 Å². The molecule has 0 unspecified atom stereocenters. The van der Waals surface area contributed by atoms with Gasteiger partial charge >= 0.3 is 0 Å². The SMILES string of the molecule is Clc1cc(/C=C/c2ccsc2Br)c(Cl)s1. The third-order valence-corrected chi connectivity index (χ3v) is 5.02. The van der Waals surface area contributed by atoms with Gasteiger partial charge in [-0.2, -0.15) is 0 Å². The normalized spacial score (nSPS) is 11.4. The Morgan fingerprint density at radius 3 is 2.47 bits per heavy atom. The first-order valence-electron chi connectivity index (χ1n) is 4.03. The summed E-state index contributed by atoms with van der Waals surface area (Å²) in [4.78, 5) is 0. The number of hydrogen-bond donors (Lipinski definition) is 0. The van der Waals surface area contributed by atoms with Gasteiger partial charge in [-0.05, 0) is 39.0 Å². The van der Waals surface area contributed by atoms with Crippen LogP contribution in [-0.4, -0.2) is 0 Å². The van der Waals surface area contributed by atoms with Gasteiger partial charge in [0, 0.05) is 5.56 Å². The van der Waals surface area contributed by atoms with Crippen molar-refractivity contribution in [2.45, 2.75) is 0 Å². The molecule has 15 heavy (non-hydrogen) atoms. The standard InChI is InChI=1S/C10H5BrCl2S2/c11-9-6(3-4-14-9)1-2-7-5-8(12)15-10(7)13/h1-5H/b2-1+. The van der Waals surface area contributed by atoms with Crippen molar-refractivity contribution in [3.05, 3.63) is 41.1 Å². The Morgan fingerprint density at radius 1 is 1.20 bits per heavy atom. The molecule has 2 aromatic rings. The van der Waals surface area contributed by atoms with Crippen LogP contribution in [0.4, 0.5) is 0 Å². The summed E-state index contributed by atoms with van der Waals surface area (Å²) in [6, 6.07) is 3.92. The molecule has 0 amide bonds. The van der Waals surface area contributed by atoms with E-state index in [2.05, 4.69) is 15.9 Å². The fourth-order valence-corrected chi connectivity index (χ4v) is 3.70. The van der Waals surface area contributed by atoms with E-state index in [1.54, 1.807) is 11.3 Å². The molecule has 0 aromatic carbocycles. The lowest BCUT2D eigenvalue weighted by molar-refractivity contribution is 1.82. The van der Waals surface area contributed by atoms with E-state index in [-0.39, 0.29) is 0 Å². The highest BCUT2D eigenvalue weighted by molar-refractivity contribution is 9.11. The maximum Gasteiger partial charge on any atom is 0.102 e. The van der Waals surface area contributed by atoms with Crippen LogP contribution in [0.15, 0.2) is 21.3 Å². The molecule has 0 saturated carbocycles. The minimum absolute atomic E-state index is 0.712. The Morgan fingerprint density at radius 2 is 1.93 bits per heavy atom. The molecule has 5 heteroatoms. The van der Waals surface area contributed by atoms with Gasteiger partial charge < -0.3 is 0 Å². The number of halogens is 3. The lowest BCUT2D eigenvalue weighted by atomic mass is 10.2. The molecule has 0 bridgehead atoms. The molecule has 2 rings (SSSR count). The monoisotopic (exact) mass is 338 g/mol. The molecule has 0 aliphatic carbocycles. The van der Waals surface area contributed by atoms with Crippen molar-refractivity contribution < 1.29 is 0 Å². The molecule has 0 N–H and O–H groups in total. The zero-order valence-corrected chi connectivity index (χ0v) is 12.1. The molecule has 0 radical (unpaired) electrons. The van der Waals surface area contributed by atoms with Gasteiger partial charge in [-0.25, -0.2) is 0 Å². The van der Waals surface area contributed by atoms with E-state index in [0.717, 1.165) is 19.2 Å². The second kappa shape index (κ2) is 5.02. The molecule has 0 nitrogen and oxygen atoms in total. The van der Waals surface area contributed by atoms with E-state index in [1.807, 2.05) is 29.7 Å². The van der Waals surface area contributed by atoms with E-state index in [4.69, 9.17) is 23.2 Å². The summed E-state index contributed by atoms with van der Waals surface area (Å²) in [7, 11) is 0. The molecule has 0 fully saturated rings. The van der Waals surface area contributed by atoms with Crippen molar-refractivity contribution in [2.75, 3.05) is 0 Å². The topological polar surface area (TPSA) is 0 Å².